The Hall–Kier alpha value is -2.75. The number of benzene rings is 1. The minimum absolute atomic E-state index is 0. The fourth-order valence-corrected chi connectivity index (χ4v) is 5.29. The molecule has 3 aromatic rings. The molecule has 1 aromatic carbocycles. The van der Waals surface area contributed by atoms with Gasteiger partial charge in [0, 0.05) is 49.3 Å². The highest BCUT2D eigenvalue weighted by Gasteiger charge is 2.31. The van der Waals surface area contributed by atoms with Crippen LogP contribution in [-0.4, -0.2) is 58.6 Å². The van der Waals surface area contributed by atoms with E-state index >= 15 is 0 Å². The second kappa shape index (κ2) is 9.48. The molecule has 8 nitrogen and oxygen atoms in total. The van der Waals surface area contributed by atoms with Crippen LogP contribution in [0.15, 0.2) is 35.1 Å². The van der Waals surface area contributed by atoms with Crippen molar-refractivity contribution in [3.63, 3.8) is 0 Å². The fraction of sp³-hybridized carbons (Fsp3) is 0.458. The highest BCUT2D eigenvalue weighted by atomic mass is 35.5. The zero-order chi connectivity index (χ0) is 22.4. The number of hydrogen-bond acceptors (Lipinski definition) is 7. The van der Waals surface area contributed by atoms with Crippen molar-refractivity contribution in [3.8, 4) is 11.6 Å². The fourth-order valence-electron chi connectivity index (χ4n) is 5.29. The van der Waals surface area contributed by atoms with Gasteiger partial charge in [0.1, 0.15) is 19.0 Å². The maximum absolute atomic E-state index is 14.7. The van der Waals surface area contributed by atoms with Crippen LogP contribution in [0.5, 0.6) is 11.6 Å². The predicted molar refractivity (Wildman–Crippen MR) is 127 cm³/mol. The summed E-state index contributed by atoms with van der Waals surface area (Å²) in [6.07, 6.45) is 2.01. The molecule has 34 heavy (non-hydrogen) atoms. The maximum atomic E-state index is 14.7. The molecule has 180 valence electrons. The number of pyridine rings is 1. The molecule has 10 heteroatoms. The molecule has 0 bridgehead atoms. The Balaban J connectivity index is 0.00000241. The van der Waals surface area contributed by atoms with Crippen LogP contribution in [0.4, 0.5) is 4.39 Å². The molecule has 2 aromatic heterocycles. The molecule has 0 spiro atoms. The normalized spacial score (nSPS) is 19.9. The van der Waals surface area contributed by atoms with Gasteiger partial charge in [-0.15, -0.1) is 17.5 Å². The summed E-state index contributed by atoms with van der Waals surface area (Å²) < 4.78 is 27.5. The summed E-state index contributed by atoms with van der Waals surface area (Å²) in [6, 6.07) is 8.94. The van der Waals surface area contributed by atoms with E-state index < -0.39 is 0 Å². The third kappa shape index (κ3) is 4.23. The summed E-state index contributed by atoms with van der Waals surface area (Å²) in [7, 11) is 0. The largest absolute Gasteiger partial charge is 0.484 e. The molecular weight excluding hydrogens is 461 g/mol. The van der Waals surface area contributed by atoms with Gasteiger partial charge in [-0.2, -0.15) is 5.10 Å². The first kappa shape index (κ1) is 23.0. The molecule has 3 aliphatic rings. The van der Waals surface area contributed by atoms with Crippen LogP contribution in [0.1, 0.15) is 30.0 Å². The van der Waals surface area contributed by atoms with Crippen LogP contribution in [-0.2, 0) is 13.1 Å². The van der Waals surface area contributed by atoms with E-state index in [1.807, 2.05) is 6.07 Å². The summed E-state index contributed by atoms with van der Waals surface area (Å²) in [6.45, 7) is 4.84. The van der Waals surface area contributed by atoms with Gasteiger partial charge in [-0.3, -0.25) is 4.79 Å². The smallest absolute Gasteiger partial charge is 0.276 e. The van der Waals surface area contributed by atoms with Gasteiger partial charge in [-0.25, -0.2) is 4.39 Å². The summed E-state index contributed by atoms with van der Waals surface area (Å²) in [5.74, 6) is 0.909. The van der Waals surface area contributed by atoms with Gasteiger partial charge in [0.25, 0.3) is 11.4 Å². The van der Waals surface area contributed by atoms with Gasteiger partial charge >= 0.3 is 0 Å². The molecule has 0 amide bonds. The molecule has 6 rings (SSSR count). The van der Waals surface area contributed by atoms with Gasteiger partial charge in [-0.05, 0) is 49.5 Å². The van der Waals surface area contributed by atoms with Crippen molar-refractivity contribution in [2.75, 3.05) is 32.8 Å². The van der Waals surface area contributed by atoms with Crippen LogP contribution >= 0.6 is 12.4 Å². The molecule has 1 unspecified atom stereocenters. The topological polar surface area (TPSA) is 81.5 Å². The lowest BCUT2D eigenvalue weighted by Gasteiger charge is -2.34. The van der Waals surface area contributed by atoms with E-state index in [-0.39, 0.29) is 29.7 Å². The first-order valence-corrected chi connectivity index (χ1v) is 11.6. The Morgan fingerprint density at radius 2 is 1.88 bits per heavy atom. The van der Waals surface area contributed by atoms with Crippen molar-refractivity contribution in [2.24, 2.45) is 0 Å². The van der Waals surface area contributed by atoms with Crippen LogP contribution in [0, 0.1) is 5.82 Å². The van der Waals surface area contributed by atoms with Crippen molar-refractivity contribution in [1.29, 1.82) is 0 Å². The number of piperidine rings is 1. The van der Waals surface area contributed by atoms with E-state index in [2.05, 4.69) is 20.4 Å². The Labute approximate surface area is 202 Å². The highest BCUT2D eigenvalue weighted by molar-refractivity contribution is 5.85. The zero-order valence-corrected chi connectivity index (χ0v) is 19.5. The molecule has 0 saturated carbocycles. The third-order valence-electron chi connectivity index (χ3n) is 6.94. The number of nitrogens with one attached hydrogen (secondary N) is 1. The number of ether oxygens (including phenoxy) is 2. The van der Waals surface area contributed by atoms with E-state index in [0.717, 1.165) is 49.1 Å². The minimum atomic E-state index is -0.207. The maximum Gasteiger partial charge on any atom is 0.276 e. The molecule has 5 heterocycles. The third-order valence-corrected chi connectivity index (χ3v) is 6.94. The molecule has 0 aliphatic carbocycles. The molecule has 1 saturated heterocycles. The lowest BCUT2D eigenvalue weighted by molar-refractivity contribution is 0.161. The van der Waals surface area contributed by atoms with Gasteiger partial charge in [-0.1, -0.05) is 0 Å². The Kier molecular flexibility index (Phi) is 6.42. The predicted octanol–water partition coefficient (Wildman–Crippen LogP) is 2.48. The lowest BCUT2D eigenvalue weighted by Crippen LogP contribution is -2.43. The second-order valence-electron chi connectivity index (χ2n) is 9.04. The lowest BCUT2D eigenvalue weighted by atomic mass is 9.97. The molecule has 1 atom stereocenters. The average Bonchev–Trinajstić information content (AvgIpc) is 3.23. The number of halogens is 2. The second-order valence-corrected chi connectivity index (χ2v) is 9.04. The van der Waals surface area contributed by atoms with E-state index in [9.17, 15) is 9.18 Å². The summed E-state index contributed by atoms with van der Waals surface area (Å²) in [4.78, 5) is 14.7. The van der Waals surface area contributed by atoms with E-state index in [0.29, 0.717) is 49.5 Å². The monoisotopic (exact) mass is 487 g/mol. The number of rotatable bonds is 5. The number of likely N-dealkylation sites (tertiary alicyclic amines) is 1. The minimum Gasteiger partial charge on any atom is -0.484 e. The number of hydrogen-bond donors (Lipinski definition) is 1. The van der Waals surface area contributed by atoms with Crippen molar-refractivity contribution in [2.45, 2.75) is 37.9 Å². The van der Waals surface area contributed by atoms with Crippen LogP contribution in [0.25, 0.3) is 10.9 Å². The SMILES string of the molecule is Cl.O=c1ccc2ccc(F)c3c2n1CC3CN1CCC(NCc2cc3c(nn2)OCCO3)CC1. The van der Waals surface area contributed by atoms with Gasteiger partial charge in [0.15, 0.2) is 5.75 Å². The Bertz CT molecular complexity index is 1260. The van der Waals surface area contributed by atoms with E-state index in [1.165, 1.54) is 6.07 Å². The van der Waals surface area contributed by atoms with Gasteiger partial charge in [0.2, 0.25) is 0 Å². The summed E-state index contributed by atoms with van der Waals surface area (Å²) in [5, 5.41) is 12.8. The van der Waals surface area contributed by atoms with Crippen LogP contribution in [0.2, 0.25) is 0 Å². The number of nitrogens with zero attached hydrogens (tertiary/aromatic N) is 4. The quantitative estimate of drug-likeness (QED) is 0.592. The standard InChI is InChI=1S/C24H26FN5O3.ClH/c25-19-3-1-15-2-4-21(31)30-14-16(22(19)23(15)30)13-29-7-5-17(6-8-29)26-12-18-11-20-24(28-27-18)33-10-9-32-20;/h1-4,11,16-17,26H,5-10,12-14H2;1H. The van der Waals surface area contributed by atoms with Crippen molar-refractivity contribution >= 4 is 23.3 Å². The molecular formula is C24H27ClFN5O3. The van der Waals surface area contributed by atoms with Crippen LogP contribution in [0.3, 0.4) is 0 Å². The first-order chi connectivity index (χ1) is 16.2. The van der Waals surface area contributed by atoms with Crippen molar-refractivity contribution in [1.82, 2.24) is 25.0 Å². The molecule has 3 aliphatic heterocycles. The number of fused-ring (bicyclic) bond motifs is 1. The molecule has 1 N–H and O–H groups in total. The molecule has 1 fully saturated rings. The van der Waals surface area contributed by atoms with Crippen molar-refractivity contribution < 1.29 is 13.9 Å². The van der Waals surface area contributed by atoms with Gasteiger partial charge in [0.05, 0.1) is 11.2 Å². The summed E-state index contributed by atoms with van der Waals surface area (Å²) in [5.41, 5.74) is 2.24. The van der Waals surface area contributed by atoms with Gasteiger partial charge < -0.3 is 24.3 Å². The first-order valence-electron chi connectivity index (χ1n) is 11.6. The van der Waals surface area contributed by atoms with Crippen molar-refractivity contribution in [3.05, 3.63) is 57.8 Å². The van der Waals surface area contributed by atoms with Crippen LogP contribution < -0.4 is 20.3 Å². The average molecular weight is 488 g/mol. The Morgan fingerprint density at radius 3 is 2.74 bits per heavy atom. The zero-order valence-electron chi connectivity index (χ0n) is 18.7. The van der Waals surface area contributed by atoms with E-state index in [4.69, 9.17) is 9.47 Å². The number of aromatic nitrogens is 3. The Morgan fingerprint density at radius 1 is 1.09 bits per heavy atom. The molecule has 0 radical (unpaired) electrons. The van der Waals surface area contributed by atoms with E-state index in [1.54, 1.807) is 22.8 Å². The summed E-state index contributed by atoms with van der Waals surface area (Å²) >= 11 is 0. The highest BCUT2D eigenvalue weighted by Crippen LogP contribution is 2.35.